The fourth-order valence-corrected chi connectivity index (χ4v) is 4.98. The minimum absolute atomic E-state index is 0.274. The van der Waals surface area contributed by atoms with Crippen molar-refractivity contribution in [3.8, 4) is 11.6 Å². The summed E-state index contributed by atoms with van der Waals surface area (Å²) in [5, 5.41) is 7.99. The Bertz CT molecular complexity index is 1240. The van der Waals surface area contributed by atoms with Crippen LogP contribution < -0.4 is 16.0 Å². The van der Waals surface area contributed by atoms with Crippen molar-refractivity contribution >= 4 is 17.7 Å². The Kier molecular flexibility index (Phi) is 5.55. The lowest BCUT2D eigenvalue weighted by Crippen LogP contribution is -2.57. The maximum atomic E-state index is 6.20. The van der Waals surface area contributed by atoms with E-state index in [1.807, 2.05) is 24.5 Å². The molecule has 2 fully saturated rings. The van der Waals surface area contributed by atoms with Crippen LogP contribution >= 0.6 is 0 Å². The number of aromatic nitrogens is 6. The number of nitrogens with zero attached hydrogens (tertiary/aromatic N) is 8. The first-order valence-corrected chi connectivity index (χ1v) is 11.8. The molecule has 0 bridgehead atoms. The number of nitrogens with two attached hydrogens (primary N) is 1. The van der Waals surface area contributed by atoms with Gasteiger partial charge in [-0.1, -0.05) is 6.07 Å². The highest BCUT2D eigenvalue weighted by atomic mass is 16.3. The van der Waals surface area contributed by atoms with Crippen molar-refractivity contribution in [2.75, 3.05) is 43.4 Å². The van der Waals surface area contributed by atoms with Gasteiger partial charge in [-0.25, -0.2) is 0 Å². The molecule has 2 aliphatic heterocycles. The van der Waals surface area contributed by atoms with Crippen LogP contribution in [-0.4, -0.2) is 73.2 Å². The van der Waals surface area contributed by atoms with Gasteiger partial charge in [-0.05, 0) is 49.1 Å². The number of anilines is 2. The molecular weight excluding hydrogens is 432 g/mol. The molecule has 6 rings (SSSR count). The predicted octanol–water partition coefficient (Wildman–Crippen LogP) is 1.45. The van der Waals surface area contributed by atoms with Gasteiger partial charge in [-0.15, -0.1) is 5.10 Å². The molecule has 2 aliphatic rings. The Hall–Kier alpha value is -3.57. The SMILES string of the molecule is Nc1nc(N2CCN3C[C@@H](CNCc4cccnc4)CC[C@H]3C2)nc2nc(-c3ccco3)nn12. The van der Waals surface area contributed by atoms with E-state index in [0.717, 1.165) is 39.3 Å². The number of furan rings is 1. The van der Waals surface area contributed by atoms with E-state index < -0.39 is 0 Å². The molecule has 2 atom stereocenters. The van der Waals surface area contributed by atoms with Crippen LogP contribution in [-0.2, 0) is 6.54 Å². The van der Waals surface area contributed by atoms with Crippen LogP contribution in [0, 0.1) is 5.92 Å². The van der Waals surface area contributed by atoms with Crippen LogP contribution in [0.5, 0.6) is 0 Å². The minimum Gasteiger partial charge on any atom is -0.461 e. The second-order valence-corrected chi connectivity index (χ2v) is 9.04. The first-order chi connectivity index (χ1) is 16.7. The van der Waals surface area contributed by atoms with Crippen molar-refractivity contribution in [3.63, 3.8) is 0 Å². The minimum atomic E-state index is 0.274. The standard InChI is InChI=1S/C23H28N10O/c24-21-28-22(29-23-27-20(30-33(21)23)19-4-2-10-34-19)32-9-8-31-14-17(5-6-18(31)15-32)13-26-12-16-3-1-7-25-11-16/h1-4,7,10-11,17-18,26H,5-6,8-9,12-15H2,(H2,24,27,28,29,30)/t17-,18+/m1/s1. The molecule has 11 nitrogen and oxygen atoms in total. The molecule has 0 spiro atoms. The van der Waals surface area contributed by atoms with E-state index in [9.17, 15) is 0 Å². The summed E-state index contributed by atoms with van der Waals surface area (Å²) in [5.41, 5.74) is 7.43. The lowest BCUT2D eigenvalue weighted by Gasteiger charge is -2.46. The van der Waals surface area contributed by atoms with Crippen LogP contribution in [0.4, 0.5) is 11.9 Å². The number of rotatable bonds is 6. The number of nitrogens with one attached hydrogen (secondary N) is 1. The average Bonchev–Trinajstić information content (AvgIpc) is 3.55. The zero-order valence-corrected chi connectivity index (χ0v) is 18.9. The highest BCUT2D eigenvalue weighted by Crippen LogP contribution is 2.27. The first-order valence-electron chi connectivity index (χ1n) is 11.8. The van der Waals surface area contributed by atoms with Crippen molar-refractivity contribution in [2.24, 2.45) is 5.92 Å². The quantitative estimate of drug-likeness (QED) is 0.436. The zero-order valence-electron chi connectivity index (χ0n) is 18.9. The Labute approximate surface area is 197 Å². The first kappa shape index (κ1) is 21.0. The summed E-state index contributed by atoms with van der Waals surface area (Å²) >= 11 is 0. The largest absolute Gasteiger partial charge is 0.461 e. The Balaban J connectivity index is 1.08. The molecule has 11 heteroatoms. The maximum Gasteiger partial charge on any atom is 0.259 e. The van der Waals surface area contributed by atoms with Crippen molar-refractivity contribution in [3.05, 3.63) is 48.5 Å². The summed E-state index contributed by atoms with van der Waals surface area (Å²) in [6.07, 6.45) is 7.71. The molecule has 6 heterocycles. The second-order valence-electron chi connectivity index (χ2n) is 9.04. The normalized spacial score (nSPS) is 21.1. The van der Waals surface area contributed by atoms with E-state index in [2.05, 4.69) is 46.2 Å². The molecule has 0 unspecified atom stereocenters. The fraction of sp³-hybridized carbons (Fsp3) is 0.435. The van der Waals surface area contributed by atoms with Gasteiger partial charge in [0.1, 0.15) is 0 Å². The molecule has 0 amide bonds. The number of hydrogen-bond acceptors (Lipinski definition) is 10. The van der Waals surface area contributed by atoms with E-state index in [1.165, 1.54) is 22.9 Å². The molecule has 4 aromatic heterocycles. The molecular formula is C23H28N10O. The van der Waals surface area contributed by atoms with Gasteiger partial charge in [-0.2, -0.15) is 19.5 Å². The number of fused-ring (bicyclic) bond motifs is 2. The van der Waals surface area contributed by atoms with Crippen molar-refractivity contribution < 1.29 is 4.42 Å². The Morgan fingerprint density at radius 3 is 2.91 bits per heavy atom. The smallest absolute Gasteiger partial charge is 0.259 e. The van der Waals surface area contributed by atoms with Crippen LogP contribution in [0.25, 0.3) is 17.4 Å². The molecule has 3 N–H and O–H groups in total. The summed E-state index contributed by atoms with van der Waals surface area (Å²) in [6, 6.07) is 8.20. The number of nitrogen functional groups attached to an aromatic ring is 1. The summed E-state index contributed by atoms with van der Waals surface area (Å²) in [5.74, 6) is 3.01. The molecule has 0 aliphatic carbocycles. The third-order valence-electron chi connectivity index (χ3n) is 6.74. The van der Waals surface area contributed by atoms with Gasteiger partial charge < -0.3 is 20.4 Å². The Morgan fingerprint density at radius 1 is 1.09 bits per heavy atom. The monoisotopic (exact) mass is 460 g/mol. The number of piperazine rings is 1. The van der Waals surface area contributed by atoms with Gasteiger partial charge in [0.15, 0.2) is 5.76 Å². The van der Waals surface area contributed by atoms with E-state index in [0.29, 0.717) is 35.3 Å². The summed E-state index contributed by atoms with van der Waals surface area (Å²) in [4.78, 5) is 22.7. The average molecular weight is 461 g/mol. The van der Waals surface area contributed by atoms with Crippen LogP contribution in [0.15, 0.2) is 47.3 Å². The van der Waals surface area contributed by atoms with E-state index in [4.69, 9.17) is 10.2 Å². The number of hydrogen-bond donors (Lipinski definition) is 2. The molecule has 34 heavy (non-hydrogen) atoms. The number of pyridine rings is 1. The third kappa shape index (κ3) is 4.19. The predicted molar refractivity (Wildman–Crippen MR) is 127 cm³/mol. The second kappa shape index (κ2) is 8.99. The number of piperidine rings is 1. The van der Waals surface area contributed by atoms with Gasteiger partial charge in [0, 0.05) is 51.2 Å². The van der Waals surface area contributed by atoms with E-state index in [-0.39, 0.29) is 5.95 Å². The van der Waals surface area contributed by atoms with Crippen LogP contribution in [0.1, 0.15) is 18.4 Å². The third-order valence-corrected chi connectivity index (χ3v) is 6.74. The molecule has 4 aromatic rings. The highest BCUT2D eigenvalue weighted by molar-refractivity contribution is 5.53. The topological polar surface area (TPSA) is 127 Å². The van der Waals surface area contributed by atoms with Crippen molar-refractivity contribution in [1.82, 2.24) is 39.8 Å². The molecule has 0 saturated carbocycles. The van der Waals surface area contributed by atoms with Crippen LogP contribution in [0.3, 0.4) is 0 Å². The molecule has 0 aromatic carbocycles. The highest BCUT2D eigenvalue weighted by Gasteiger charge is 2.34. The van der Waals surface area contributed by atoms with Gasteiger partial charge in [-0.3, -0.25) is 9.88 Å². The van der Waals surface area contributed by atoms with Crippen molar-refractivity contribution in [1.29, 1.82) is 0 Å². The molecule has 2 saturated heterocycles. The van der Waals surface area contributed by atoms with Gasteiger partial charge in [0.25, 0.3) is 5.78 Å². The van der Waals surface area contributed by atoms with E-state index >= 15 is 0 Å². The summed E-state index contributed by atoms with van der Waals surface area (Å²) in [6.45, 7) is 5.77. The van der Waals surface area contributed by atoms with Gasteiger partial charge in [0.05, 0.1) is 6.26 Å². The van der Waals surface area contributed by atoms with Crippen LogP contribution in [0.2, 0.25) is 0 Å². The maximum absolute atomic E-state index is 6.20. The van der Waals surface area contributed by atoms with Gasteiger partial charge in [0.2, 0.25) is 17.7 Å². The van der Waals surface area contributed by atoms with Gasteiger partial charge >= 0.3 is 0 Å². The zero-order chi connectivity index (χ0) is 22.9. The van der Waals surface area contributed by atoms with Crippen molar-refractivity contribution in [2.45, 2.75) is 25.4 Å². The fourth-order valence-electron chi connectivity index (χ4n) is 4.98. The lowest BCUT2D eigenvalue weighted by molar-refractivity contribution is 0.0945. The Morgan fingerprint density at radius 2 is 2.06 bits per heavy atom. The molecule has 176 valence electrons. The lowest BCUT2D eigenvalue weighted by atomic mass is 9.91. The van der Waals surface area contributed by atoms with E-state index in [1.54, 1.807) is 12.3 Å². The summed E-state index contributed by atoms with van der Waals surface area (Å²) in [7, 11) is 0. The molecule has 0 radical (unpaired) electrons. The summed E-state index contributed by atoms with van der Waals surface area (Å²) < 4.78 is 6.86.